The van der Waals surface area contributed by atoms with Gasteiger partial charge in [-0.25, -0.2) is 4.39 Å². The van der Waals surface area contributed by atoms with Crippen molar-refractivity contribution in [1.29, 1.82) is 0 Å². The lowest BCUT2D eigenvalue weighted by molar-refractivity contribution is -0.116. The molecule has 5 heterocycles. The molecule has 0 radical (unpaired) electrons. The van der Waals surface area contributed by atoms with Gasteiger partial charge in [-0.1, -0.05) is 0 Å². The summed E-state index contributed by atoms with van der Waals surface area (Å²) in [6, 6.07) is 12.3. The van der Waals surface area contributed by atoms with Crippen LogP contribution in [-0.4, -0.2) is 93.7 Å². The molecular formula is C32H32FN9O2. The molecule has 0 aliphatic rings. The lowest BCUT2D eigenvalue weighted by Gasteiger charge is -2.12. The Balaban J connectivity index is 1.33. The second kappa shape index (κ2) is 12.2. The molecule has 6 rings (SSSR count). The first-order valence-corrected chi connectivity index (χ1v) is 14.0. The molecule has 0 aliphatic heterocycles. The van der Waals surface area contributed by atoms with E-state index in [1.807, 2.05) is 57.4 Å². The van der Waals surface area contributed by atoms with Gasteiger partial charge in [-0.15, -0.1) is 0 Å². The largest absolute Gasteiger partial charge is 0.492 e. The Morgan fingerprint density at radius 1 is 0.909 bits per heavy atom. The van der Waals surface area contributed by atoms with Gasteiger partial charge in [0.15, 0.2) is 0 Å². The van der Waals surface area contributed by atoms with Gasteiger partial charge in [0.25, 0.3) is 0 Å². The average Bonchev–Trinajstić information content (AvgIpc) is 3.60. The van der Waals surface area contributed by atoms with E-state index in [0.717, 1.165) is 33.1 Å². The number of pyridine rings is 3. The van der Waals surface area contributed by atoms with Crippen molar-refractivity contribution in [2.45, 2.75) is 0 Å². The third-order valence-corrected chi connectivity index (χ3v) is 6.98. The van der Waals surface area contributed by atoms with Crippen LogP contribution in [0.15, 0.2) is 67.3 Å². The fraction of sp³-hybridized carbons (Fsp3) is 0.219. The lowest BCUT2D eigenvalue weighted by Crippen LogP contribution is -2.27. The number of aromatic nitrogens is 6. The zero-order chi connectivity index (χ0) is 30.8. The second-order valence-corrected chi connectivity index (χ2v) is 11.1. The van der Waals surface area contributed by atoms with Gasteiger partial charge in [0, 0.05) is 52.4 Å². The number of rotatable bonds is 10. The van der Waals surface area contributed by atoms with Crippen molar-refractivity contribution in [2.24, 2.45) is 0 Å². The van der Waals surface area contributed by atoms with E-state index < -0.39 is 5.82 Å². The van der Waals surface area contributed by atoms with Gasteiger partial charge < -0.3 is 24.8 Å². The monoisotopic (exact) mass is 593 g/mol. The minimum atomic E-state index is -0.397. The van der Waals surface area contributed by atoms with Crippen LogP contribution in [0.5, 0.6) is 5.75 Å². The molecule has 1 aromatic carbocycles. The number of benzene rings is 1. The molecule has 44 heavy (non-hydrogen) atoms. The molecule has 3 N–H and O–H groups in total. The van der Waals surface area contributed by atoms with Gasteiger partial charge in [-0.2, -0.15) is 5.10 Å². The highest BCUT2D eigenvalue weighted by Gasteiger charge is 2.17. The van der Waals surface area contributed by atoms with Crippen LogP contribution in [-0.2, 0) is 4.79 Å². The SMILES string of the molecule is CN(C)CCOc1cc(F)cc(-c2nccc3[nH]c(-c4n[nH]c5cnc(-c6cncc(NC(=O)CN(C)C)c6)cc45)cc23)c1. The zero-order valence-corrected chi connectivity index (χ0v) is 24.8. The topological polar surface area (TPSA) is 128 Å². The molecule has 0 spiro atoms. The number of hydrogen-bond donors (Lipinski definition) is 3. The molecule has 5 aromatic heterocycles. The Hall–Kier alpha value is -5.20. The van der Waals surface area contributed by atoms with Gasteiger partial charge in [0.05, 0.1) is 47.2 Å². The summed E-state index contributed by atoms with van der Waals surface area (Å²) < 4.78 is 20.5. The number of amides is 1. The number of H-pyrrole nitrogens is 2. The van der Waals surface area contributed by atoms with Gasteiger partial charge in [-0.3, -0.25) is 24.8 Å². The van der Waals surface area contributed by atoms with Crippen LogP contribution >= 0.6 is 0 Å². The quantitative estimate of drug-likeness (QED) is 0.207. The fourth-order valence-corrected chi connectivity index (χ4v) is 4.96. The highest BCUT2D eigenvalue weighted by Crippen LogP contribution is 2.35. The Kier molecular flexibility index (Phi) is 8.01. The van der Waals surface area contributed by atoms with Crippen LogP contribution in [0, 0.1) is 5.82 Å². The number of carbonyl (C=O) groups excluding carboxylic acids is 1. The van der Waals surface area contributed by atoms with E-state index in [1.54, 1.807) is 35.8 Å². The fourth-order valence-electron chi connectivity index (χ4n) is 4.96. The minimum absolute atomic E-state index is 0.131. The maximum absolute atomic E-state index is 14.6. The van der Waals surface area contributed by atoms with Gasteiger partial charge in [-0.05, 0) is 64.6 Å². The van der Waals surface area contributed by atoms with E-state index >= 15 is 0 Å². The number of nitrogens with zero attached hydrogens (tertiary/aromatic N) is 6. The summed E-state index contributed by atoms with van der Waals surface area (Å²) in [6.07, 6.45) is 6.72. The smallest absolute Gasteiger partial charge is 0.238 e. The molecule has 0 aliphatic carbocycles. The molecule has 0 bridgehead atoms. The van der Waals surface area contributed by atoms with Gasteiger partial charge in [0.2, 0.25) is 5.91 Å². The van der Waals surface area contributed by atoms with Gasteiger partial charge >= 0.3 is 0 Å². The number of hydrogen-bond acceptors (Lipinski definition) is 8. The number of likely N-dealkylation sites (N-methyl/N-ethyl adjacent to an activating group) is 2. The molecule has 0 saturated carbocycles. The molecular weight excluding hydrogens is 561 g/mol. The second-order valence-electron chi connectivity index (χ2n) is 11.1. The Bertz CT molecular complexity index is 1960. The summed E-state index contributed by atoms with van der Waals surface area (Å²) in [6.45, 7) is 1.42. The number of anilines is 1. The normalized spacial score (nSPS) is 11.6. The third kappa shape index (κ3) is 6.26. The minimum Gasteiger partial charge on any atom is -0.492 e. The molecule has 0 atom stereocenters. The van der Waals surface area contributed by atoms with E-state index in [4.69, 9.17) is 4.74 Å². The maximum atomic E-state index is 14.6. The summed E-state index contributed by atoms with van der Waals surface area (Å²) >= 11 is 0. The molecule has 0 unspecified atom stereocenters. The van der Waals surface area contributed by atoms with Crippen LogP contribution in [0.2, 0.25) is 0 Å². The number of carbonyl (C=O) groups is 1. The van der Waals surface area contributed by atoms with Crippen molar-refractivity contribution in [3.05, 3.63) is 73.1 Å². The van der Waals surface area contributed by atoms with Crippen molar-refractivity contribution in [1.82, 2.24) is 39.9 Å². The van der Waals surface area contributed by atoms with Gasteiger partial charge in [0.1, 0.15) is 23.9 Å². The molecule has 1 amide bonds. The first-order valence-electron chi connectivity index (χ1n) is 14.0. The van der Waals surface area contributed by atoms with E-state index in [1.165, 1.54) is 12.1 Å². The zero-order valence-electron chi connectivity index (χ0n) is 24.8. The van der Waals surface area contributed by atoms with Crippen molar-refractivity contribution >= 4 is 33.4 Å². The van der Waals surface area contributed by atoms with Crippen LogP contribution in [0.1, 0.15) is 0 Å². The van der Waals surface area contributed by atoms with Crippen molar-refractivity contribution in [3.8, 4) is 39.7 Å². The van der Waals surface area contributed by atoms with E-state index in [0.29, 0.717) is 47.2 Å². The summed E-state index contributed by atoms with van der Waals surface area (Å²) in [4.78, 5) is 33.0. The van der Waals surface area contributed by atoms with Crippen LogP contribution in [0.4, 0.5) is 10.1 Å². The highest BCUT2D eigenvalue weighted by molar-refractivity contribution is 6.00. The Morgan fingerprint density at radius 3 is 2.57 bits per heavy atom. The number of fused-ring (bicyclic) bond motifs is 2. The van der Waals surface area contributed by atoms with E-state index in [2.05, 4.69) is 35.5 Å². The highest BCUT2D eigenvalue weighted by atomic mass is 19.1. The standard InChI is InChI=1S/C32H32FN9O2/c1-41(2)7-8-44-23-11-19(9-21(33)12-23)31-24-14-28(38-26(24)5-6-35-31)32-25-13-27(36-17-29(25)39-40-32)20-10-22(16-34-15-20)37-30(43)18-42(3)4/h5-6,9-17,38H,7-8,18H2,1-4H3,(H,37,43)(H,39,40). The lowest BCUT2D eigenvalue weighted by atomic mass is 10.1. The molecule has 6 aromatic rings. The predicted molar refractivity (Wildman–Crippen MR) is 169 cm³/mol. The Morgan fingerprint density at radius 2 is 1.75 bits per heavy atom. The molecule has 11 nitrogen and oxygen atoms in total. The van der Waals surface area contributed by atoms with Crippen LogP contribution < -0.4 is 10.1 Å². The van der Waals surface area contributed by atoms with Crippen molar-refractivity contribution in [3.63, 3.8) is 0 Å². The number of aromatic amines is 2. The first-order chi connectivity index (χ1) is 21.2. The summed E-state index contributed by atoms with van der Waals surface area (Å²) in [5.74, 6) is -0.0786. The summed E-state index contributed by atoms with van der Waals surface area (Å²) in [7, 11) is 7.58. The van der Waals surface area contributed by atoms with E-state index in [9.17, 15) is 9.18 Å². The average molecular weight is 594 g/mol. The summed E-state index contributed by atoms with van der Waals surface area (Å²) in [5.41, 5.74) is 6.31. The number of nitrogens with one attached hydrogen (secondary N) is 3. The maximum Gasteiger partial charge on any atom is 0.238 e. The predicted octanol–water partition coefficient (Wildman–Crippen LogP) is 4.81. The molecule has 0 saturated heterocycles. The van der Waals surface area contributed by atoms with Crippen molar-refractivity contribution < 1.29 is 13.9 Å². The molecule has 0 fully saturated rings. The number of ether oxygens (including phenoxy) is 1. The van der Waals surface area contributed by atoms with Crippen molar-refractivity contribution in [2.75, 3.05) is 53.2 Å². The molecule has 12 heteroatoms. The van der Waals surface area contributed by atoms with Crippen LogP contribution in [0.25, 0.3) is 55.7 Å². The Labute approximate surface area is 253 Å². The van der Waals surface area contributed by atoms with Crippen LogP contribution in [0.3, 0.4) is 0 Å². The first kappa shape index (κ1) is 28.9. The third-order valence-electron chi connectivity index (χ3n) is 6.98. The number of halogens is 1. The summed E-state index contributed by atoms with van der Waals surface area (Å²) in [5, 5.41) is 12.2. The molecule has 224 valence electrons. The van der Waals surface area contributed by atoms with E-state index in [-0.39, 0.29) is 12.5 Å².